The third kappa shape index (κ3) is 4.31. The van der Waals surface area contributed by atoms with E-state index in [1.807, 2.05) is 20.8 Å². The minimum Gasteiger partial charge on any atom is -0.507 e. The van der Waals surface area contributed by atoms with Crippen LogP contribution in [0.25, 0.3) is 6.08 Å². The molecule has 2 heterocycles. The van der Waals surface area contributed by atoms with Gasteiger partial charge in [0.1, 0.15) is 11.5 Å². The Morgan fingerprint density at radius 1 is 1.09 bits per heavy atom. The number of fused-ring (bicyclic) bond motifs is 1. The first-order chi connectivity index (χ1) is 16.4. The van der Waals surface area contributed by atoms with Crippen LogP contribution in [0.3, 0.4) is 0 Å². The van der Waals surface area contributed by atoms with Gasteiger partial charge in [0, 0.05) is 18.1 Å². The van der Waals surface area contributed by atoms with Crippen molar-refractivity contribution in [2.45, 2.75) is 57.2 Å². The molecule has 0 radical (unpaired) electrons. The molecule has 2 aliphatic heterocycles. The summed E-state index contributed by atoms with van der Waals surface area (Å²) in [5, 5.41) is 36.4. The van der Waals surface area contributed by atoms with Crippen molar-refractivity contribution in [3.63, 3.8) is 0 Å². The van der Waals surface area contributed by atoms with E-state index in [0.29, 0.717) is 23.3 Å². The average Bonchev–Trinajstić information content (AvgIpc) is 2.82. The Hall–Kier alpha value is -2.91. The van der Waals surface area contributed by atoms with Crippen LogP contribution in [-0.4, -0.2) is 53.4 Å². The Morgan fingerprint density at radius 3 is 2.37 bits per heavy atom. The fourth-order valence-corrected chi connectivity index (χ4v) is 4.73. The van der Waals surface area contributed by atoms with Crippen LogP contribution in [0.2, 0.25) is 0 Å². The topological polar surface area (TPSA) is 117 Å². The summed E-state index contributed by atoms with van der Waals surface area (Å²) in [5.41, 5.74) is -1.83. The number of phenolic OH excluding ortho intramolecular Hbond substituents is 1. The lowest BCUT2D eigenvalue weighted by Crippen LogP contribution is -2.52. The Morgan fingerprint density at radius 2 is 1.77 bits per heavy atom. The number of aliphatic hydroxyl groups is 2. The highest BCUT2D eigenvalue weighted by Gasteiger charge is 2.51. The number of nitrogens with one attached hydrogen (secondary N) is 1. The number of benzene rings is 2. The van der Waals surface area contributed by atoms with Gasteiger partial charge in [-0.2, -0.15) is 0 Å². The molecule has 2 aromatic rings. The molecule has 0 aliphatic carbocycles. The fraction of sp³-hybridized carbons (Fsp3) is 0.444. The van der Waals surface area contributed by atoms with E-state index in [0.717, 1.165) is 6.42 Å². The van der Waals surface area contributed by atoms with Crippen molar-refractivity contribution in [2.24, 2.45) is 5.41 Å². The van der Waals surface area contributed by atoms with Crippen molar-refractivity contribution in [3.8, 4) is 11.5 Å². The molecule has 1 saturated heterocycles. The van der Waals surface area contributed by atoms with Crippen LogP contribution < -0.4 is 10.1 Å². The maximum absolute atomic E-state index is 12.8. The number of carbonyl (C=O) groups is 1. The van der Waals surface area contributed by atoms with Crippen LogP contribution in [0.1, 0.15) is 50.3 Å². The first-order valence-electron chi connectivity index (χ1n) is 11.6. The molecular weight excluding hydrogens is 450 g/mol. The third-order valence-electron chi connectivity index (χ3n) is 7.16. The summed E-state index contributed by atoms with van der Waals surface area (Å²) in [5.74, 6) is -0.140. The van der Waals surface area contributed by atoms with E-state index in [4.69, 9.17) is 14.2 Å². The summed E-state index contributed by atoms with van der Waals surface area (Å²) in [6.07, 6.45) is 2.74. The second kappa shape index (κ2) is 8.95. The van der Waals surface area contributed by atoms with Crippen LogP contribution in [0.15, 0.2) is 42.5 Å². The number of ether oxygens (including phenoxy) is 3. The van der Waals surface area contributed by atoms with Crippen molar-refractivity contribution in [3.05, 3.63) is 59.2 Å². The van der Waals surface area contributed by atoms with Crippen molar-refractivity contribution in [1.82, 2.24) is 0 Å². The second-order valence-electron chi connectivity index (χ2n) is 10.1. The SMILES string of the molecule is COc1ccc([C@@]2(O)c3c(ccc(/C=C/C4(C)CCC(C)(C)C(O)O4)c3O)NC(=O)[C@@H]2OC)cc1. The first-order valence-corrected chi connectivity index (χ1v) is 11.6. The number of rotatable bonds is 5. The van der Waals surface area contributed by atoms with Gasteiger partial charge >= 0.3 is 0 Å². The molecule has 188 valence electrons. The second-order valence-corrected chi connectivity index (χ2v) is 10.1. The van der Waals surface area contributed by atoms with E-state index in [-0.39, 0.29) is 22.4 Å². The van der Waals surface area contributed by atoms with Gasteiger partial charge in [-0.3, -0.25) is 4.79 Å². The minimum absolute atomic E-state index is 0.132. The summed E-state index contributed by atoms with van der Waals surface area (Å²) in [6.45, 7) is 5.79. The molecule has 2 unspecified atom stereocenters. The smallest absolute Gasteiger partial charge is 0.257 e. The molecule has 8 heteroatoms. The van der Waals surface area contributed by atoms with Gasteiger partial charge in [-0.1, -0.05) is 38.1 Å². The largest absolute Gasteiger partial charge is 0.507 e. The first kappa shape index (κ1) is 25.2. The van der Waals surface area contributed by atoms with Gasteiger partial charge in [-0.15, -0.1) is 0 Å². The Kier molecular flexibility index (Phi) is 6.44. The van der Waals surface area contributed by atoms with Gasteiger partial charge in [0.25, 0.3) is 5.91 Å². The van der Waals surface area contributed by atoms with E-state index < -0.39 is 29.5 Å². The lowest BCUT2D eigenvalue weighted by molar-refractivity contribution is -0.243. The Labute approximate surface area is 205 Å². The molecule has 0 saturated carbocycles. The molecule has 4 atom stereocenters. The number of aliphatic hydroxyl groups excluding tert-OH is 1. The molecule has 4 rings (SSSR count). The number of carbonyl (C=O) groups excluding carboxylic acids is 1. The van der Waals surface area contributed by atoms with Crippen LogP contribution in [0.5, 0.6) is 11.5 Å². The zero-order valence-corrected chi connectivity index (χ0v) is 20.7. The van der Waals surface area contributed by atoms with Gasteiger partial charge in [0.2, 0.25) is 0 Å². The number of amides is 1. The number of aromatic hydroxyl groups is 1. The molecule has 35 heavy (non-hydrogen) atoms. The predicted molar refractivity (Wildman–Crippen MR) is 131 cm³/mol. The van der Waals surface area contributed by atoms with Crippen LogP contribution in [0, 0.1) is 5.41 Å². The molecule has 1 fully saturated rings. The van der Waals surface area contributed by atoms with Gasteiger partial charge in [0.05, 0.1) is 24.0 Å². The van der Waals surface area contributed by atoms with Crippen LogP contribution in [-0.2, 0) is 19.9 Å². The summed E-state index contributed by atoms with van der Waals surface area (Å²) in [7, 11) is 2.87. The number of hydrogen-bond acceptors (Lipinski definition) is 7. The highest BCUT2D eigenvalue weighted by atomic mass is 16.6. The molecule has 0 aromatic heterocycles. The van der Waals surface area contributed by atoms with Gasteiger partial charge in [-0.05, 0) is 49.6 Å². The van der Waals surface area contributed by atoms with E-state index in [1.54, 1.807) is 48.6 Å². The van der Waals surface area contributed by atoms with Gasteiger partial charge in [0.15, 0.2) is 18.0 Å². The number of phenols is 1. The van der Waals surface area contributed by atoms with E-state index in [1.165, 1.54) is 14.2 Å². The maximum Gasteiger partial charge on any atom is 0.257 e. The molecule has 2 aliphatic rings. The van der Waals surface area contributed by atoms with Crippen molar-refractivity contribution >= 4 is 17.7 Å². The molecule has 1 amide bonds. The molecule has 0 bridgehead atoms. The molecule has 0 spiro atoms. The average molecular weight is 484 g/mol. The predicted octanol–water partition coefficient (Wildman–Crippen LogP) is 3.53. The Bertz CT molecular complexity index is 1140. The van der Waals surface area contributed by atoms with E-state index in [9.17, 15) is 20.1 Å². The van der Waals surface area contributed by atoms with Crippen molar-refractivity contribution in [2.75, 3.05) is 19.5 Å². The number of hydrogen-bond donors (Lipinski definition) is 4. The van der Waals surface area contributed by atoms with Gasteiger partial charge < -0.3 is 34.8 Å². The Balaban J connectivity index is 1.78. The summed E-state index contributed by atoms with van der Waals surface area (Å²) in [6, 6.07) is 9.89. The standard InChI is InChI=1S/C27H33NO7/c1-25(2)14-15-26(3,35-24(25)31)13-12-16-6-11-19-20(21(16)29)27(32,22(34-5)23(30)28-19)17-7-9-18(33-4)10-8-17/h6-13,22,24,29,31-32H,14-15H2,1-5H3,(H,28,30)/b13-12+/t22-,24?,26?,27+/m0/s1. The molecule has 2 aromatic carbocycles. The van der Waals surface area contributed by atoms with E-state index in [2.05, 4.69) is 5.32 Å². The maximum atomic E-state index is 12.8. The third-order valence-corrected chi connectivity index (χ3v) is 7.16. The summed E-state index contributed by atoms with van der Waals surface area (Å²) in [4.78, 5) is 12.8. The fourth-order valence-electron chi connectivity index (χ4n) is 4.73. The summed E-state index contributed by atoms with van der Waals surface area (Å²) >= 11 is 0. The van der Waals surface area contributed by atoms with Gasteiger partial charge in [-0.25, -0.2) is 0 Å². The zero-order chi connectivity index (χ0) is 25.6. The van der Waals surface area contributed by atoms with Crippen LogP contribution >= 0.6 is 0 Å². The molecular formula is C27H33NO7. The van der Waals surface area contributed by atoms with Crippen LogP contribution in [0.4, 0.5) is 5.69 Å². The molecule has 4 N–H and O–H groups in total. The lowest BCUT2D eigenvalue weighted by Gasteiger charge is -2.43. The monoisotopic (exact) mass is 483 g/mol. The highest BCUT2D eigenvalue weighted by Crippen LogP contribution is 2.48. The number of methoxy groups -OCH3 is 2. The highest BCUT2D eigenvalue weighted by molar-refractivity contribution is 6.00. The zero-order valence-electron chi connectivity index (χ0n) is 20.7. The number of anilines is 1. The lowest BCUT2D eigenvalue weighted by atomic mass is 9.76. The van der Waals surface area contributed by atoms with E-state index >= 15 is 0 Å². The molecule has 8 nitrogen and oxygen atoms in total. The normalized spacial score (nSPS) is 30.1. The van der Waals surface area contributed by atoms with Crippen molar-refractivity contribution < 1.29 is 34.3 Å². The minimum atomic E-state index is -1.96. The van der Waals surface area contributed by atoms with Crippen molar-refractivity contribution in [1.29, 1.82) is 0 Å². The quantitative estimate of drug-likeness (QED) is 0.514. The summed E-state index contributed by atoms with van der Waals surface area (Å²) < 4.78 is 16.5.